The third-order valence-corrected chi connectivity index (χ3v) is 3.60. The van der Waals surface area contributed by atoms with E-state index in [2.05, 4.69) is 20.6 Å². The molecule has 0 amide bonds. The maximum Gasteiger partial charge on any atom is 0.300 e. The first-order valence-electron chi connectivity index (χ1n) is 6.46. The van der Waals surface area contributed by atoms with E-state index < -0.39 is 4.92 Å². The maximum atomic E-state index is 10.6. The fraction of sp³-hybridized carbons (Fsp3) is 0. The molecule has 128 valence electrons. The summed E-state index contributed by atoms with van der Waals surface area (Å²) < 4.78 is 0. The average Bonchev–Trinajstić information content (AvgIpc) is 3.12. The van der Waals surface area contributed by atoms with E-state index in [1.54, 1.807) is 18.2 Å². The topological polar surface area (TPSA) is 145 Å². The van der Waals surface area contributed by atoms with Crippen LogP contribution in [-0.2, 0) is 0 Å². The van der Waals surface area contributed by atoms with Gasteiger partial charge in [0, 0.05) is 11.1 Å². The van der Waals surface area contributed by atoms with E-state index in [9.17, 15) is 10.1 Å². The Kier molecular flexibility index (Phi) is 4.25. The third kappa shape index (κ3) is 3.09. The van der Waals surface area contributed by atoms with Gasteiger partial charge in [-0.2, -0.15) is 0 Å². The third-order valence-electron chi connectivity index (χ3n) is 3.08. The van der Waals surface area contributed by atoms with Crippen molar-refractivity contribution in [3.8, 4) is 0 Å². The van der Waals surface area contributed by atoms with Gasteiger partial charge < -0.3 is 10.4 Å². The van der Waals surface area contributed by atoms with Gasteiger partial charge >= 0.3 is 5.69 Å². The SMILES string of the molecule is O=[N+]([O-])c1cc(Cl)cc2c1nnn2O.On1nnc2cccc(Cl)c21. The lowest BCUT2D eigenvalue weighted by Crippen LogP contribution is -1.92. The number of hydrogen-bond donors (Lipinski definition) is 2. The van der Waals surface area contributed by atoms with Crippen LogP contribution in [0.15, 0.2) is 30.3 Å². The Morgan fingerprint density at radius 1 is 1.08 bits per heavy atom. The molecule has 11 nitrogen and oxygen atoms in total. The van der Waals surface area contributed by atoms with E-state index in [-0.39, 0.29) is 21.7 Å². The molecule has 13 heteroatoms. The highest BCUT2D eigenvalue weighted by molar-refractivity contribution is 6.34. The van der Waals surface area contributed by atoms with Crippen LogP contribution >= 0.6 is 23.2 Å². The maximum absolute atomic E-state index is 10.6. The lowest BCUT2D eigenvalue weighted by Gasteiger charge is -1.94. The van der Waals surface area contributed by atoms with Crippen molar-refractivity contribution in [2.75, 3.05) is 0 Å². The molecule has 4 rings (SSSR count). The molecule has 0 aliphatic rings. The number of fused-ring (bicyclic) bond motifs is 2. The molecule has 4 aromatic rings. The summed E-state index contributed by atoms with van der Waals surface area (Å²) in [5.74, 6) is 0. The number of halogens is 2. The number of nitro groups is 1. The Morgan fingerprint density at radius 3 is 2.48 bits per heavy atom. The number of benzene rings is 2. The second-order valence-corrected chi connectivity index (χ2v) is 5.46. The molecule has 0 unspecified atom stereocenters. The van der Waals surface area contributed by atoms with Crippen molar-refractivity contribution in [2.24, 2.45) is 0 Å². The molecule has 2 aromatic carbocycles. The molecular formula is C12H7Cl2N7O4. The van der Waals surface area contributed by atoms with Crippen molar-refractivity contribution < 1.29 is 15.3 Å². The molecular weight excluding hydrogens is 377 g/mol. The summed E-state index contributed by atoms with van der Waals surface area (Å²) in [5, 5.41) is 43.0. The van der Waals surface area contributed by atoms with Gasteiger partial charge in [-0.15, -0.1) is 10.2 Å². The highest BCUT2D eigenvalue weighted by atomic mass is 35.5. The van der Waals surface area contributed by atoms with Crippen molar-refractivity contribution in [1.29, 1.82) is 0 Å². The van der Waals surface area contributed by atoms with E-state index in [1.165, 1.54) is 6.07 Å². The van der Waals surface area contributed by atoms with Crippen molar-refractivity contribution >= 4 is 51.0 Å². The predicted octanol–water partition coefficient (Wildman–Crippen LogP) is 2.55. The molecule has 2 N–H and O–H groups in total. The molecule has 0 radical (unpaired) electrons. The van der Waals surface area contributed by atoms with Crippen LogP contribution in [0.25, 0.3) is 22.1 Å². The van der Waals surface area contributed by atoms with Crippen LogP contribution in [-0.4, -0.2) is 45.7 Å². The Morgan fingerprint density at radius 2 is 1.80 bits per heavy atom. The van der Waals surface area contributed by atoms with Crippen LogP contribution in [0.3, 0.4) is 0 Å². The van der Waals surface area contributed by atoms with Crippen LogP contribution in [0.5, 0.6) is 0 Å². The van der Waals surface area contributed by atoms with Gasteiger partial charge in [0.25, 0.3) is 0 Å². The van der Waals surface area contributed by atoms with Gasteiger partial charge in [0.2, 0.25) is 0 Å². The summed E-state index contributed by atoms with van der Waals surface area (Å²) in [6, 6.07) is 7.63. The molecule has 0 bridgehead atoms. The van der Waals surface area contributed by atoms with Crippen molar-refractivity contribution in [1.82, 2.24) is 30.3 Å². The van der Waals surface area contributed by atoms with Crippen molar-refractivity contribution in [2.45, 2.75) is 0 Å². The molecule has 0 saturated heterocycles. The largest absolute Gasteiger partial charge is 0.410 e. The molecule has 25 heavy (non-hydrogen) atoms. The Balaban J connectivity index is 0.000000150. The predicted molar refractivity (Wildman–Crippen MR) is 86.1 cm³/mol. The van der Waals surface area contributed by atoms with Crippen LogP contribution in [0, 0.1) is 10.1 Å². The minimum atomic E-state index is -0.636. The summed E-state index contributed by atoms with van der Waals surface area (Å²) in [6.45, 7) is 0. The monoisotopic (exact) mass is 383 g/mol. The number of para-hydroxylation sites is 1. The van der Waals surface area contributed by atoms with E-state index in [1.807, 2.05) is 0 Å². The fourth-order valence-electron chi connectivity index (χ4n) is 2.02. The van der Waals surface area contributed by atoms with Gasteiger partial charge in [0.1, 0.15) is 16.6 Å². The Bertz CT molecular complexity index is 1090. The zero-order valence-corrected chi connectivity index (χ0v) is 13.5. The van der Waals surface area contributed by atoms with Crippen molar-refractivity contribution in [3.63, 3.8) is 0 Å². The standard InChI is InChI=1S/C6H3ClN4O3.C6H4ClN3O/c7-3-1-4-6(8-9-10(4)12)5(2-3)11(13)14;7-4-2-1-3-5-6(4)10(11)9-8-5/h1-2,12H;1-3,11H. The molecule has 0 aliphatic carbocycles. The van der Waals surface area contributed by atoms with Crippen LogP contribution in [0.2, 0.25) is 10.0 Å². The van der Waals surface area contributed by atoms with Gasteiger partial charge in [-0.3, -0.25) is 10.1 Å². The number of aromatic nitrogens is 6. The number of nitro benzene ring substituents is 1. The summed E-state index contributed by atoms with van der Waals surface area (Å²) in [7, 11) is 0. The summed E-state index contributed by atoms with van der Waals surface area (Å²) in [6.07, 6.45) is 0. The van der Waals surface area contributed by atoms with Gasteiger partial charge in [-0.1, -0.05) is 39.0 Å². The second kappa shape index (κ2) is 6.37. The number of hydrogen-bond acceptors (Lipinski definition) is 8. The minimum Gasteiger partial charge on any atom is -0.410 e. The van der Waals surface area contributed by atoms with E-state index in [0.29, 0.717) is 25.7 Å². The molecule has 2 aromatic heterocycles. The van der Waals surface area contributed by atoms with Gasteiger partial charge in [0.15, 0.2) is 5.52 Å². The average molecular weight is 384 g/mol. The molecule has 0 fully saturated rings. The fourth-order valence-corrected chi connectivity index (χ4v) is 2.47. The quantitative estimate of drug-likeness (QED) is 0.289. The minimum absolute atomic E-state index is 0.00176. The smallest absolute Gasteiger partial charge is 0.300 e. The lowest BCUT2D eigenvalue weighted by atomic mass is 10.3. The lowest BCUT2D eigenvalue weighted by molar-refractivity contribution is -0.383. The van der Waals surface area contributed by atoms with E-state index >= 15 is 0 Å². The van der Waals surface area contributed by atoms with E-state index in [0.717, 1.165) is 6.07 Å². The summed E-state index contributed by atoms with van der Waals surface area (Å²) in [4.78, 5) is 11.0. The zero-order valence-electron chi connectivity index (χ0n) is 12.0. The molecule has 2 heterocycles. The Labute approximate surface area is 147 Å². The highest BCUT2D eigenvalue weighted by Gasteiger charge is 2.18. The second-order valence-electron chi connectivity index (χ2n) is 4.62. The zero-order chi connectivity index (χ0) is 18.1. The first-order valence-corrected chi connectivity index (χ1v) is 7.22. The van der Waals surface area contributed by atoms with Crippen LogP contribution < -0.4 is 0 Å². The normalized spacial score (nSPS) is 10.6. The van der Waals surface area contributed by atoms with Gasteiger partial charge in [-0.05, 0) is 28.6 Å². The van der Waals surface area contributed by atoms with Gasteiger partial charge in [-0.25, -0.2) is 0 Å². The first kappa shape index (κ1) is 16.7. The van der Waals surface area contributed by atoms with Crippen molar-refractivity contribution in [3.05, 3.63) is 50.5 Å². The molecule has 0 saturated carbocycles. The summed E-state index contributed by atoms with van der Waals surface area (Å²) in [5.41, 5.74) is 0.841. The summed E-state index contributed by atoms with van der Waals surface area (Å²) >= 11 is 11.4. The number of non-ortho nitro benzene ring substituents is 1. The number of nitrogens with zero attached hydrogens (tertiary/aromatic N) is 7. The first-order chi connectivity index (χ1) is 11.9. The highest BCUT2D eigenvalue weighted by Crippen LogP contribution is 2.27. The van der Waals surface area contributed by atoms with Crippen LogP contribution in [0.4, 0.5) is 5.69 Å². The number of rotatable bonds is 1. The van der Waals surface area contributed by atoms with Crippen LogP contribution in [0.1, 0.15) is 0 Å². The molecule has 0 atom stereocenters. The van der Waals surface area contributed by atoms with Gasteiger partial charge in [0.05, 0.1) is 9.95 Å². The molecule has 0 aliphatic heterocycles. The molecule has 0 spiro atoms. The Hall–Kier alpha value is -3.18. The van der Waals surface area contributed by atoms with E-state index in [4.69, 9.17) is 33.6 Å².